The first kappa shape index (κ1) is 15.8. The highest BCUT2D eigenvalue weighted by atomic mass is 32.1. The Hall–Kier alpha value is -0.610. The van der Waals surface area contributed by atoms with E-state index in [1.807, 2.05) is 11.3 Å². The van der Waals surface area contributed by atoms with Crippen LogP contribution in [0.15, 0.2) is 0 Å². The van der Waals surface area contributed by atoms with E-state index in [9.17, 15) is 0 Å². The lowest BCUT2D eigenvalue weighted by Crippen LogP contribution is -2.26. The van der Waals surface area contributed by atoms with Crippen LogP contribution in [0.1, 0.15) is 63.1 Å². The third kappa shape index (κ3) is 3.73. The summed E-state index contributed by atoms with van der Waals surface area (Å²) in [6, 6.07) is 0.487. The molecule has 0 aliphatic heterocycles. The Morgan fingerprint density at radius 2 is 2.25 bits per heavy atom. The highest BCUT2D eigenvalue weighted by Gasteiger charge is 2.25. The molecule has 0 bridgehead atoms. The minimum absolute atomic E-state index is 0.487. The molecule has 1 aromatic heterocycles. The lowest BCUT2D eigenvalue weighted by Gasteiger charge is -2.22. The molecule has 0 radical (unpaired) electrons. The molecule has 2 rings (SSSR count). The number of nitrogens with one attached hydrogen (secondary N) is 1. The molecule has 0 aromatic carbocycles. The van der Waals surface area contributed by atoms with Crippen molar-refractivity contribution in [2.24, 2.45) is 5.92 Å². The van der Waals surface area contributed by atoms with E-state index < -0.39 is 0 Å². The zero-order chi connectivity index (χ0) is 14.5. The van der Waals surface area contributed by atoms with Gasteiger partial charge in [-0.1, -0.05) is 27.2 Å². The van der Waals surface area contributed by atoms with Gasteiger partial charge in [0.15, 0.2) is 5.13 Å². The van der Waals surface area contributed by atoms with E-state index in [0.717, 1.165) is 19.0 Å². The maximum atomic E-state index is 4.95. The molecule has 0 fully saturated rings. The van der Waals surface area contributed by atoms with Gasteiger partial charge >= 0.3 is 0 Å². The molecule has 0 amide bonds. The summed E-state index contributed by atoms with van der Waals surface area (Å²) in [5.41, 5.74) is 1.33. The summed E-state index contributed by atoms with van der Waals surface area (Å²) in [4.78, 5) is 8.81. The van der Waals surface area contributed by atoms with Crippen LogP contribution in [-0.2, 0) is 6.42 Å². The lowest BCUT2D eigenvalue weighted by atomic mass is 9.97. The van der Waals surface area contributed by atoms with Gasteiger partial charge in [-0.2, -0.15) is 0 Å². The van der Waals surface area contributed by atoms with Gasteiger partial charge in [-0.15, -0.1) is 11.3 Å². The molecular weight excluding hydrogens is 266 g/mol. The molecule has 3 nitrogen and oxygen atoms in total. The summed E-state index contributed by atoms with van der Waals surface area (Å²) in [6.07, 6.45) is 6.18. The predicted molar refractivity (Wildman–Crippen MR) is 88.8 cm³/mol. The first-order valence-electron chi connectivity index (χ1n) is 8.09. The van der Waals surface area contributed by atoms with Crippen molar-refractivity contribution >= 4 is 16.5 Å². The molecule has 0 saturated carbocycles. The number of anilines is 1. The van der Waals surface area contributed by atoms with Gasteiger partial charge in [-0.05, 0) is 38.1 Å². The average molecular weight is 295 g/mol. The van der Waals surface area contributed by atoms with Crippen LogP contribution in [0, 0.1) is 5.92 Å². The number of aromatic nitrogens is 1. The van der Waals surface area contributed by atoms with Crippen LogP contribution < -0.4 is 10.2 Å². The quantitative estimate of drug-likeness (QED) is 0.824. The van der Waals surface area contributed by atoms with Crippen LogP contribution in [0.25, 0.3) is 0 Å². The molecule has 1 heterocycles. The molecule has 1 N–H and O–H groups in total. The topological polar surface area (TPSA) is 28.2 Å². The van der Waals surface area contributed by atoms with E-state index in [0.29, 0.717) is 6.04 Å². The second kappa shape index (κ2) is 7.41. The number of thiazole rings is 1. The van der Waals surface area contributed by atoms with E-state index in [2.05, 4.69) is 38.0 Å². The number of fused-ring (bicyclic) bond motifs is 1. The van der Waals surface area contributed by atoms with Crippen molar-refractivity contribution in [3.8, 4) is 0 Å². The van der Waals surface area contributed by atoms with Crippen molar-refractivity contribution in [1.29, 1.82) is 0 Å². The van der Waals surface area contributed by atoms with Crippen molar-refractivity contribution in [2.45, 2.75) is 58.9 Å². The molecule has 0 saturated heterocycles. The fourth-order valence-electron chi connectivity index (χ4n) is 2.76. The molecule has 2 atom stereocenters. The van der Waals surface area contributed by atoms with Crippen LogP contribution in [-0.4, -0.2) is 25.1 Å². The first-order valence-corrected chi connectivity index (χ1v) is 8.91. The average Bonchev–Trinajstić information content (AvgIpc) is 2.89. The molecule has 4 heteroatoms. The Morgan fingerprint density at radius 1 is 1.45 bits per heavy atom. The van der Waals surface area contributed by atoms with Crippen molar-refractivity contribution < 1.29 is 0 Å². The Balaban J connectivity index is 2.08. The number of rotatable bonds is 7. The molecule has 1 aromatic rings. The van der Waals surface area contributed by atoms with Gasteiger partial charge in [0, 0.05) is 18.5 Å². The van der Waals surface area contributed by atoms with Crippen molar-refractivity contribution in [2.75, 3.05) is 25.0 Å². The number of hydrogen-bond donors (Lipinski definition) is 1. The minimum atomic E-state index is 0.487. The van der Waals surface area contributed by atoms with Crippen molar-refractivity contribution in [1.82, 2.24) is 10.3 Å². The molecule has 1 aliphatic carbocycles. The zero-order valence-corrected chi connectivity index (χ0v) is 14.2. The second-order valence-corrected chi connectivity index (χ2v) is 7.16. The molecule has 114 valence electrons. The summed E-state index contributed by atoms with van der Waals surface area (Å²) in [5, 5.41) is 4.87. The van der Waals surface area contributed by atoms with Gasteiger partial charge in [0.05, 0.1) is 11.7 Å². The van der Waals surface area contributed by atoms with E-state index in [4.69, 9.17) is 4.98 Å². The van der Waals surface area contributed by atoms with E-state index >= 15 is 0 Å². The molecule has 2 unspecified atom stereocenters. The second-order valence-electron chi connectivity index (χ2n) is 6.10. The molecule has 1 aliphatic rings. The summed E-state index contributed by atoms with van der Waals surface area (Å²) in [6.45, 7) is 9.00. The van der Waals surface area contributed by atoms with Gasteiger partial charge in [-0.25, -0.2) is 4.98 Å². The van der Waals surface area contributed by atoms with Crippen LogP contribution in [0.3, 0.4) is 0 Å². The highest BCUT2D eigenvalue weighted by Crippen LogP contribution is 2.36. The maximum absolute atomic E-state index is 4.95. The molecular formula is C16H29N3S. The number of hydrogen-bond acceptors (Lipinski definition) is 4. The third-order valence-electron chi connectivity index (χ3n) is 4.19. The van der Waals surface area contributed by atoms with Gasteiger partial charge in [0.25, 0.3) is 0 Å². The normalized spacial score (nSPS) is 19.7. The molecule has 0 spiro atoms. The minimum Gasteiger partial charge on any atom is -0.351 e. The highest BCUT2D eigenvalue weighted by molar-refractivity contribution is 7.15. The Labute approximate surface area is 127 Å². The SMILES string of the molecule is CCCNC1CCCc2sc(N(C)CC(C)CC)nc21. The van der Waals surface area contributed by atoms with Crippen LogP contribution in [0.4, 0.5) is 5.13 Å². The van der Waals surface area contributed by atoms with Crippen molar-refractivity contribution in [3.05, 3.63) is 10.6 Å². The van der Waals surface area contributed by atoms with Crippen LogP contribution >= 0.6 is 11.3 Å². The van der Waals surface area contributed by atoms with E-state index in [1.54, 1.807) is 0 Å². The fourth-order valence-corrected chi connectivity index (χ4v) is 3.89. The largest absolute Gasteiger partial charge is 0.351 e. The number of aryl methyl sites for hydroxylation is 1. The smallest absolute Gasteiger partial charge is 0.185 e. The third-order valence-corrected chi connectivity index (χ3v) is 5.44. The zero-order valence-electron chi connectivity index (χ0n) is 13.4. The Kier molecular flexibility index (Phi) is 5.85. The van der Waals surface area contributed by atoms with Crippen molar-refractivity contribution in [3.63, 3.8) is 0 Å². The monoisotopic (exact) mass is 295 g/mol. The number of nitrogens with zero attached hydrogens (tertiary/aromatic N) is 2. The lowest BCUT2D eigenvalue weighted by molar-refractivity contribution is 0.454. The Morgan fingerprint density at radius 3 is 2.95 bits per heavy atom. The van der Waals surface area contributed by atoms with Gasteiger partial charge in [0.1, 0.15) is 0 Å². The maximum Gasteiger partial charge on any atom is 0.185 e. The van der Waals surface area contributed by atoms with Gasteiger partial charge in [-0.3, -0.25) is 0 Å². The van der Waals surface area contributed by atoms with Gasteiger partial charge < -0.3 is 10.2 Å². The van der Waals surface area contributed by atoms with Crippen LogP contribution in [0.2, 0.25) is 0 Å². The summed E-state index contributed by atoms with van der Waals surface area (Å²) in [5.74, 6) is 0.731. The standard InChI is InChI=1S/C16H29N3S/c1-5-10-17-13-8-7-9-14-15(13)18-16(20-14)19(4)11-12(3)6-2/h12-13,17H,5-11H2,1-4H3. The summed E-state index contributed by atoms with van der Waals surface area (Å²) >= 11 is 1.91. The van der Waals surface area contributed by atoms with E-state index in [1.165, 1.54) is 47.8 Å². The summed E-state index contributed by atoms with van der Waals surface area (Å²) < 4.78 is 0. The summed E-state index contributed by atoms with van der Waals surface area (Å²) in [7, 11) is 2.19. The van der Waals surface area contributed by atoms with Crippen LogP contribution in [0.5, 0.6) is 0 Å². The molecule has 20 heavy (non-hydrogen) atoms. The fraction of sp³-hybridized carbons (Fsp3) is 0.812. The first-order chi connectivity index (χ1) is 9.65. The van der Waals surface area contributed by atoms with E-state index in [-0.39, 0.29) is 0 Å². The predicted octanol–water partition coefficient (Wildman–Crippen LogP) is 4.00. The Bertz CT molecular complexity index is 416. The van der Waals surface area contributed by atoms with Gasteiger partial charge in [0.2, 0.25) is 0 Å².